The summed E-state index contributed by atoms with van der Waals surface area (Å²) in [6, 6.07) is 7.53. The zero-order valence-corrected chi connectivity index (χ0v) is 18.6. The van der Waals surface area contributed by atoms with Gasteiger partial charge in [0, 0.05) is 41.8 Å². The van der Waals surface area contributed by atoms with E-state index in [1.165, 1.54) is 6.08 Å². The van der Waals surface area contributed by atoms with Gasteiger partial charge in [0.05, 0.1) is 11.2 Å². The molecule has 0 spiro atoms. The summed E-state index contributed by atoms with van der Waals surface area (Å²) in [6.07, 6.45) is 6.20. The third-order valence-corrected chi connectivity index (χ3v) is 5.87. The molecule has 3 rings (SSSR count). The van der Waals surface area contributed by atoms with Crippen molar-refractivity contribution in [2.75, 3.05) is 6.54 Å². The van der Waals surface area contributed by atoms with Crippen molar-refractivity contribution in [2.24, 2.45) is 7.05 Å². The maximum atomic E-state index is 12.2. The summed E-state index contributed by atoms with van der Waals surface area (Å²) in [5, 5.41) is 6.07. The Balaban J connectivity index is 1.88. The summed E-state index contributed by atoms with van der Waals surface area (Å²) in [4.78, 5) is 12.2. The first-order valence-electron chi connectivity index (χ1n) is 9.52. The van der Waals surface area contributed by atoms with Gasteiger partial charge < -0.3 is 4.57 Å². The van der Waals surface area contributed by atoms with Crippen molar-refractivity contribution >= 4 is 44.7 Å². The third-order valence-electron chi connectivity index (χ3n) is 4.58. The van der Waals surface area contributed by atoms with Crippen LogP contribution in [0.4, 0.5) is 0 Å². The average molecular weight is 450 g/mol. The predicted octanol–water partition coefficient (Wildman–Crippen LogP) is 3.09. The molecule has 0 aliphatic heterocycles. The van der Waals surface area contributed by atoms with Gasteiger partial charge in [0.25, 0.3) is 5.91 Å². The van der Waals surface area contributed by atoms with E-state index in [2.05, 4.69) is 9.82 Å². The molecule has 0 saturated carbocycles. The number of aryl methyl sites for hydroxylation is 2. The summed E-state index contributed by atoms with van der Waals surface area (Å²) in [5.74, 6) is 0.00940. The molecular weight excluding hydrogens is 426 g/mol. The molecule has 0 bridgehead atoms. The molecule has 2 N–H and O–H groups in total. The molecule has 1 amide bonds. The van der Waals surface area contributed by atoms with E-state index in [4.69, 9.17) is 11.6 Å². The Morgan fingerprint density at radius 2 is 2.07 bits per heavy atom. The van der Waals surface area contributed by atoms with Gasteiger partial charge in [-0.3, -0.25) is 9.48 Å². The monoisotopic (exact) mass is 449 g/mol. The number of rotatable bonds is 8. The van der Waals surface area contributed by atoms with E-state index in [-0.39, 0.29) is 6.54 Å². The number of carbonyl (C=O) groups is 1. The molecule has 8 nitrogen and oxygen atoms in total. The fraction of sp³-hybridized carbons (Fsp3) is 0.300. The number of halogens is 1. The van der Waals surface area contributed by atoms with Crippen LogP contribution >= 0.6 is 11.6 Å². The van der Waals surface area contributed by atoms with E-state index >= 15 is 0 Å². The SMILES string of the molecule is CCCCNS(=O)(=O)NC(=O)C=Cc1c(C)nn(C)c1-n1ccc2cc(Cl)ccc21. The number of aromatic nitrogens is 3. The highest BCUT2D eigenvalue weighted by Gasteiger charge is 2.16. The normalized spacial score (nSPS) is 12.1. The highest BCUT2D eigenvalue weighted by atomic mass is 35.5. The number of carbonyl (C=O) groups excluding carboxylic acids is 1. The molecule has 0 fully saturated rings. The van der Waals surface area contributed by atoms with Crippen LogP contribution < -0.4 is 9.44 Å². The smallest absolute Gasteiger partial charge is 0.301 e. The standard InChI is InChI=1S/C20H24ClN5O3S/c1-4-5-11-22-30(28,29)24-19(27)9-7-17-14(2)23-25(3)20(17)26-12-10-15-13-16(21)6-8-18(15)26/h6-10,12-13,22H,4-5,11H2,1-3H3,(H,24,27). The van der Waals surface area contributed by atoms with Crippen LogP contribution in [0.5, 0.6) is 0 Å². The van der Waals surface area contributed by atoms with Gasteiger partial charge in [0.1, 0.15) is 5.82 Å². The summed E-state index contributed by atoms with van der Waals surface area (Å²) >= 11 is 6.08. The topological polar surface area (TPSA) is 98.0 Å². The largest absolute Gasteiger partial charge is 0.301 e. The number of amides is 1. The fourth-order valence-corrected chi connectivity index (χ4v) is 4.18. The molecule has 10 heteroatoms. The van der Waals surface area contributed by atoms with E-state index in [0.717, 1.165) is 23.1 Å². The molecule has 0 aliphatic rings. The van der Waals surface area contributed by atoms with E-state index in [1.807, 2.05) is 60.6 Å². The molecule has 2 aromatic heterocycles. The molecular formula is C20H24ClN5O3S. The molecule has 0 aliphatic carbocycles. The van der Waals surface area contributed by atoms with Gasteiger partial charge in [-0.2, -0.15) is 18.2 Å². The van der Waals surface area contributed by atoms with E-state index in [0.29, 0.717) is 22.7 Å². The van der Waals surface area contributed by atoms with E-state index < -0.39 is 16.1 Å². The Labute approximate surface area is 180 Å². The summed E-state index contributed by atoms with van der Waals surface area (Å²) in [7, 11) is -2.08. The minimum Gasteiger partial charge on any atom is -0.301 e. The summed E-state index contributed by atoms with van der Waals surface area (Å²) < 4.78 is 31.8. The van der Waals surface area contributed by atoms with Crippen LogP contribution in [0.25, 0.3) is 22.8 Å². The minimum atomic E-state index is -3.89. The molecule has 30 heavy (non-hydrogen) atoms. The lowest BCUT2D eigenvalue weighted by molar-refractivity contribution is -0.114. The number of nitrogens with one attached hydrogen (secondary N) is 2. The van der Waals surface area contributed by atoms with Crippen molar-refractivity contribution in [2.45, 2.75) is 26.7 Å². The van der Waals surface area contributed by atoms with Crippen LogP contribution in [0.1, 0.15) is 31.0 Å². The van der Waals surface area contributed by atoms with Crippen LogP contribution in [-0.2, 0) is 22.1 Å². The van der Waals surface area contributed by atoms with Crippen LogP contribution in [0.2, 0.25) is 5.02 Å². The second-order valence-electron chi connectivity index (χ2n) is 6.89. The van der Waals surface area contributed by atoms with Crippen LogP contribution in [0.15, 0.2) is 36.5 Å². The van der Waals surface area contributed by atoms with Gasteiger partial charge in [-0.15, -0.1) is 0 Å². The molecule has 0 saturated heterocycles. The maximum Gasteiger partial charge on any atom is 0.301 e. The lowest BCUT2D eigenvalue weighted by Gasteiger charge is -2.08. The fourth-order valence-electron chi connectivity index (χ4n) is 3.19. The van der Waals surface area contributed by atoms with Gasteiger partial charge in [-0.25, -0.2) is 4.72 Å². The highest BCUT2D eigenvalue weighted by molar-refractivity contribution is 7.88. The van der Waals surface area contributed by atoms with Crippen LogP contribution in [0, 0.1) is 6.92 Å². The number of hydrogen-bond donors (Lipinski definition) is 2. The van der Waals surface area contributed by atoms with Crippen LogP contribution in [-0.4, -0.2) is 35.2 Å². The van der Waals surface area contributed by atoms with Crippen molar-refractivity contribution < 1.29 is 13.2 Å². The lowest BCUT2D eigenvalue weighted by atomic mass is 10.2. The van der Waals surface area contributed by atoms with Gasteiger partial charge >= 0.3 is 10.2 Å². The second-order valence-corrected chi connectivity index (χ2v) is 8.82. The van der Waals surface area contributed by atoms with Crippen molar-refractivity contribution in [1.29, 1.82) is 0 Å². The Bertz CT molecular complexity index is 1210. The summed E-state index contributed by atoms with van der Waals surface area (Å²) in [5.41, 5.74) is 2.34. The number of fused-ring (bicyclic) bond motifs is 1. The molecule has 160 valence electrons. The average Bonchev–Trinajstić information content (AvgIpc) is 3.18. The first kappa shape index (κ1) is 22.1. The van der Waals surface area contributed by atoms with Crippen LogP contribution in [0.3, 0.4) is 0 Å². The number of nitrogens with zero attached hydrogens (tertiary/aromatic N) is 3. The Kier molecular flexibility index (Phi) is 6.64. The number of benzene rings is 1. The van der Waals surface area contributed by atoms with Crippen molar-refractivity contribution in [3.63, 3.8) is 0 Å². The zero-order valence-electron chi connectivity index (χ0n) is 17.0. The maximum absolute atomic E-state index is 12.2. The molecule has 1 aromatic carbocycles. The van der Waals surface area contributed by atoms with E-state index in [9.17, 15) is 13.2 Å². The lowest BCUT2D eigenvalue weighted by Crippen LogP contribution is -2.39. The van der Waals surface area contributed by atoms with Crippen molar-refractivity contribution in [3.05, 3.63) is 52.8 Å². The minimum absolute atomic E-state index is 0.277. The van der Waals surface area contributed by atoms with Gasteiger partial charge in [0.2, 0.25) is 0 Å². The third kappa shape index (κ3) is 4.92. The number of unbranched alkanes of at least 4 members (excludes halogenated alkanes) is 1. The first-order valence-corrected chi connectivity index (χ1v) is 11.4. The van der Waals surface area contributed by atoms with Crippen molar-refractivity contribution in [3.8, 4) is 5.82 Å². The predicted molar refractivity (Wildman–Crippen MR) is 119 cm³/mol. The van der Waals surface area contributed by atoms with Gasteiger partial charge in [-0.1, -0.05) is 24.9 Å². The molecule has 0 atom stereocenters. The Morgan fingerprint density at radius 3 is 2.80 bits per heavy atom. The quantitative estimate of drug-likeness (QED) is 0.408. The highest BCUT2D eigenvalue weighted by Crippen LogP contribution is 2.27. The van der Waals surface area contributed by atoms with Gasteiger partial charge in [-0.05, 0) is 43.7 Å². The number of hydrogen-bond acceptors (Lipinski definition) is 4. The van der Waals surface area contributed by atoms with Gasteiger partial charge in [0.15, 0.2) is 0 Å². The second kappa shape index (κ2) is 9.03. The molecule has 0 radical (unpaired) electrons. The van der Waals surface area contributed by atoms with Crippen molar-refractivity contribution in [1.82, 2.24) is 23.8 Å². The molecule has 2 heterocycles. The Hall–Kier alpha value is -2.62. The first-order chi connectivity index (χ1) is 14.2. The zero-order chi connectivity index (χ0) is 21.9. The molecule has 0 unspecified atom stereocenters. The Morgan fingerprint density at radius 1 is 1.30 bits per heavy atom. The molecule has 3 aromatic rings. The van der Waals surface area contributed by atoms with E-state index in [1.54, 1.807) is 10.8 Å². The summed E-state index contributed by atoms with van der Waals surface area (Å²) in [6.45, 7) is 4.05.